The van der Waals surface area contributed by atoms with Crippen LogP contribution in [0.25, 0.3) is 0 Å². The molecule has 0 saturated carbocycles. The zero-order chi connectivity index (χ0) is 14.7. The number of alkyl halides is 1. The van der Waals surface area contributed by atoms with Crippen molar-refractivity contribution in [1.29, 1.82) is 0 Å². The summed E-state index contributed by atoms with van der Waals surface area (Å²) in [5.74, 6) is -0.328. The van der Waals surface area contributed by atoms with E-state index in [1.807, 2.05) is 6.92 Å². The first-order chi connectivity index (χ1) is 9.54. The summed E-state index contributed by atoms with van der Waals surface area (Å²) in [5.41, 5.74) is 1.24. The van der Waals surface area contributed by atoms with E-state index in [9.17, 15) is 8.78 Å². The highest BCUT2D eigenvalue weighted by Gasteiger charge is 2.20. The van der Waals surface area contributed by atoms with Crippen molar-refractivity contribution in [3.05, 3.63) is 64.7 Å². The molecule has 0 bridgehead atoms. The molecule has 2 aromatic rings. The Bertz CT molecular complexity index is 596. The van der Waals surface area contributed by atoms with E-state index in [4.69, 9.17) is 4.74 Å². The molecule has 0 aliphatic carbocycles. The Hall–Kier alpha value is -1.42. The molecule has 0 fully saturated rings. The molecule has 20 heavy (non-hydrogen) atoms. The zero-order valence-corrected chi connectivity index (χ0v) is 12.9. The minimum Gasteiger partial charge on any atom is -0.494 e. The summed E-state index contributed by atoms with van der Waals surface area (Å²) in [6.45, 7) is 4.10. The molecule has 0 N–H and O–H groups in total. The van der Waals surface area contributed by atoms with E-state index in [2.05, 4.69) is 15.9 Å². The van der Waals surface area contributed by atoms with E-state index in [1.165, 1.54) is 12.1 Å². The average Bonchev–Trinajstić information content (AvgIpc) is 2.44. The van der Waals surface area contributed by atoms with Gasteiger partial charge in [0.15, 0.2) is 0 Å². The van der Waals surface area contributed by atoms with Crippen LogP contribution in [0.15, 0.2) is 36.4 Å². The summed E-state index contributed by atoms with van der Waals surface area (Å²) in [4.78, 5) is -0.530. The Balaban J connectivity index is 2.36. The van der Waals surface area contributed by atoms with Crippen LogP contribution in [0.3, 0.4) is 0 Å². The highest BCUT2D eigenvalue weighted by Crippen LogP contribution is 2.35. The van der Waals surface area contributed by atoms with Crippen molar-refractivity contribution >= 4 is 15.9 Å². The summed E-state index contributed by atoms with van der Waals surface area (Å²) in [5, 5.41) is 0. The van der Waals surface area contributed by atoms with E-state index < -0.39 is 16.5 Å². The predicted molar refractivity (Wildman–Crippen MR) is 79.5 cm³/mol. The second-order valence-electron chi connectivity index (χ2n) is 4.46. The molecule has 106 valence electrons. The van der Waals surface area contributed by atoms with Crippen LogP contribution >= 0.6 is 15.9 Å². The quantitative estimate of drug-likeness (QED) is 0.699. The van der Waals surface area contributed by atoms with Gasteiger partial charge < -0.3 is 4.74 Å². The van der Waals surface area contributed by atoms with Crippen LogP contribution in [-0.4, -0.2) is 6.61 Å². The van der Waals surface area contributed by atoms with Crippen LogP contribution in [-0.2, 0) is 0 Å². The van der Waals surface area contributed by atoms with Gasteiger partial charge in [-0.1, -0.05) is 34.1 Å². The molecule has 0 radical (unpaired) electrons. The maximum atomic E-state index is 14.1. The third-order valence-corrected chi connectivity index (χ3v) is 4.04. The Kier molecular flexibility index (Phi) is 4.76. The zero-order valence-electron chi connectivity index (χ0n) is 11.3. The number of rotatable bonds is 4. The van der Waals surface area contributed by atoms with Gasteiger partial charge in [-0.15, -0.1) is 0 Å². The number of halogens is 3. The van der Waals surface area contributed by atoms with Crippen molar-refractivity contribution in [2.24, 2.45) is 0 Å². The van der Waals surface area contributed by atoms with E-state index in [-0.39, 0.29) is 5.56 Å². The van der Waals surface area contributed by atoms with E-state index >= 15 is 0 Å². The van der Waals surface area contributed by atoms with E-state index in [0.29, 0.717) is 12.2 Å². The highest BCUT2D eigenvalue weighted by molar-refractivity contribution is 9.09. The van der Waals surface area contributed by atoms with E-state index in [0.717, 1.165) is 11.3 Å². The van der Waals surface area contributed by atoms with Crippen molar-refractivity contribution < 1.29 is 13.5 Å². The lowest BCUT2D eigenvalue weighted by Gasteiger charge is -2.14. The summed E-state index contributed by atoms with van der Waals surface area (Å²) in [7, 11) is 0. The molecule has 0 aliphatic rings. The van der Waals surface area contributed by atoms with Crippen molar-refractivity contribution in [1.82, 2.24) is 0 Å². The molecule has 0 saturated heterocycles. The van der Waals surface area contributed by atoms with Gasteiger partial charge >= 0.3 is 0 Å². The van der Waals surface area contributed by atoms with Gasteiger partial charge in [0.1, 0.15) is 17.4 Å². The standard InChI is InChI=1S/C16H15BrF2O/c1-3-20-12-7-5-11(6-8-12)15(17)14-13(18)9-4-10(2)16(14)19/h4-9,15H,3H2,1-2H3. The second-order valence-corrected chi connectivity index (χ2v) is 5.37. The van der Waals surface area contributed by atoms with Crippen LogP contribution < -0.4 is 4.74 Å². The molecule has 2 rings (SSSR count). The third-order valence-electron chi connectivity index (χ3n) is 3.06. The first kappa shape index (κ1) is 15.0. The first-order valence-electron chi connectivity index (χ1n) is 6.36. The minimum atomic E-state index is -0.552. The fraction of sp³-hybridized carbons (Fsp3) is 0.250. The lowest BCUT2D eigenvalue weighted by atomic mass is 10.0. The lowest BCUT2D eigenvalue weighted by Crippen LogP contribution is -2.02. The molecular formula is C16H15BrF2O. The van der Waals surface area contributed by atoms with Crippen LogP contribution in [0.2, 0.25) is 0 Å². The van der Waals surface area contributed by atoms with Gasteiger partial charge in [-0.25, -0.2) is 8.78 Å². The number of aryl methyl sites for hydroxylation is 1. The molecule has 0 heterocycles. The normalized spacial score (nSPS) is 12.2. The third kappa shape index (κ3) is 3.01. The Morgan fingerprint density at radius 2 is 1.75 bits per heavy atom. The Morgan fingerprint density at radius 1 is 1.10 bits per heavy atom. The minimum absolute atomic E-state index is 0.0363. The smallest absolute Gasteiger partial charge is 0.133 e. The molecule has 1 atom stereocenters. The molecule has 0 amide bonds. The summed E-state index contributed by atoms with van der Waals surface area (Å²) < 4.78 is 33.3. The summed E-state index contributed by atoms with van der Waals surface area (Å²) in [6.07, 6.45) is 0. The molecule has 1 unspecified atom stereocenters. The number of ether oxygens (including phenoxy) is 1. The summed E-state index contributed by atoms with van der Waals surface area (Å²) >= 11 is 3.37. The van der Waals surface area contributed by atoms with Gasteiger partial charge in [-0.3, -0.25) is 0 Å². The van der Waals surface area contributed by atoms with Gasteiger partial charge in [0.25, 0.3) is 0 Å². The van der Waals surface area contributed by atoms with Gasteiger partial charge in [-0.05, 0) is 43.2 Å². The topological polar surface area (TPSA) is 9.23 Å². The molecular weight excluding hydrogens is 326 g/mol. The van der Waals surface area contributed by atoms with Gasteiger partial charge in [-0.2, -0.15) is 0 Å². The number of hydrogen-bond acceptors (Lipinski definition) is 1. The van der Waals surface area contributed by atoms with Gasteiger partial charge in [0.2, 0.25) is 0 Å². The van der Waals surface area contributed by atoms with Crippen molar-refractivity contribution in [3.63, 3.8) is 0 Å². The monoisotopic (exact) mass is 340 g/mol. The molecule has 2 aromatic carbocycles. The first-order valence-corrected chi connectivity index (χ1v) is 7.27. The molecule has 0 spiro atoms. The van der Waals surface area contributed by atoms with Crippen molar-refractivity contribution in [3.8, 4) is 5.75 Å². The number of benzene rings is 2. The van der Waals surface area contributed by atoms with Crippen LogP contribution in [0.5, 0.6) is 5.75 Å². The maximum absolute atomic E-state index is 14.1. The largest absolute Gasteiger partial charge is 0.494 e. The van der Waals surface area contributed by atoms with Crippen LogP contribution in [0.1, 0.15) is 28.4 Å². The average molecular weight is 341 g/mol. The molecule has 0 aromatic heterocycles. The van der Waals surface area contributed by atoms with Gasteiger partial charge in [0.05, 0.1) is 11.4 Å². The van der Waals surface area contributed by atoms with Gasteiger partial charge in [0, 0.05) is 5.56 Å². The molecule has 4 heteroatoms. The number of hydrogen-bond donors (Lipinski definition) is 0. The van der Waals surface area contributed by atoms with Crippen molar-refractivity contribution in [2.45, 2.75) is 18.7 Å². The van der Waals surface area contributed by atoms with E-state index in [1.54, 1.807) is 31.2 Å². The Labute approximate surface area is 125 Å². The second kappa shape index (κ2) is 6.35. The Morgan fingerprint density at radius 3 is 2.35 bits per heavy atom. The van der Waals surface area contributed by atoms with Crippen molar-refractivity contribution in [2.75, 3.05) is 6.61 Å². The molecule has 1 nitrogen and oxygen atoms in total. The molecule has 0 aliphatic heterocycles. The summed E-state index contributed by atoms with van der Waals surface area (Å²) in [6, 6.07) is 9.90. The predicted octanol–water partition coefficient (Wildman–Crippen LogP) is 5.16. The SMILES string of the molecule is CCOc1ccc(C(Br)c2c(F)ccc(C)c2F)cc1. The maximum Gasteiger partial charge on any atom is 0.133 e. The lowest BCUT2D eigenvalue weighted by molar-refractivity contribution is 0.340. The fourth-order valence-electron chi connectivity index (χ4n) is 1.98. The fourth-order valence-corrected chi connectivity index (χ4v) is 2.70. The highest BCUT2D eigenvalue weighted by atomic mass is 79.9. The van der Waals surface area contributed by atoms with Crippen LogP contribution in [0, 0.1) is 18.6 Å². The van der Waals surface area contributed by atoms with Crippen LogP contribution in [0.4, 0.5) is 8.78 Å².